The zero-order valence-electron chi connectivity index (χ0n) is 17.7. The number of rotatable bonds is 7. The predicted octanol–water partition coefficient (Wildman–Crippen LogP) is 4.31. The highest BCUT2D eigenvalue weighted by molar-refractivity contribution is 6.25. The van der Waals surface area contributed by atoms with Crippen molar-refractivity contribution in [2.24, 2.45) is 5.92 Å². The summed E-state index contributed by atoms with van der Waals surface area (Å²) in [5.41, 5.74) is 6.07. The van der Waals surface area contributed by atoms with E-state index in [1.807, 2.05) is 44.2 Å². The van der Waals surface area contributed by atoms with E-state index in [4.69, 9.17) is 4.74 Å². The molecule has 0 saturated heterocycles. The number of allylic oxidation sites excluding steroid dienone is 2. The Morgan fingerprint density at radius 2 is 1.76 bits per heavy atom. The third kappa shape index (κ3) is 4.76. The molecule has 0 bridgehead atoms. The minimum Gasteiger partial charge on any atom is -0.500 e. The summed E-state index contributed by atoms with van der Waals surface area (Å²) in [5.74, 6) is 0.243. The van der Waals surface area contributed by atoms with Gasteiger partial charge in [0.25, 0.3) is 0 Å². The molecule has 1 N–H and O–H groups in total. The van der Waals surface area contributed by atoms with E-state index in [0.29, 0.717) is 24.3 Å². The lowest BCUT2D eigenvalue weighted by Gasteiger charge is -2.14. The molecule has 1 aliphatic carbocycles. The summed E-state index contributed by atoms with van der Waals surface area (Å²) < 4.78 is 5.57. The fourth-order valence-corrected chi connectivity index (χ4v) is 4.23. The van der Waals surface area contributed by atoms with E-state index in [-0.39, 0.29) is 24.0 Å². The Balaban J connectivity index is 1.66. The molecular formula is C25H29NO3. The van der Waals surface area contributed by atoms with E-state index >= 15 is 0 Å². The van der Waals surface area contributed by atoms with Crippen molar-refractivity contribution in [3.8, 4) is 0 Å². The van der Waals surface area contributed by atoms with Crippen LogP contribution in [0.1, 0.15) is 40.7 Å². The normalized spacial score (nSPS) is 16.3. The quantitative estimate of drug-likeness (QED) is 0.765. The smallest absolute Gasteiger partial charge is 0.220 e. The molecular weight excluding hydrogens is 362 g/mol. The van der Waals surface area contributed by atoms with Gasteiger partial charge in [-0.2, -0.15) is 0 Å². The van der Waals surface area contributed by atoms with Crippen LogP contribution in [0.15, 0.2) is 48.2 Å². The molecule has 1 amide bonds. The second-order valence-electron chi connectivity index (χ2n) is 7.83. The van der Waals surface area contributed by atoms with Gasteiger partial charge in [0.15, 0.2) is 5.78 Å². The fourth-order valence-electron chi connectivity index (χ4n) is 4.23. The van der Waals surface area contributed by atoms with E-state index in [2.05, 4.69) is 24.4 Å². The van der Waals surface area contributed by atoms with Gasteiger partial charge in [-0.15, -0.1) is 0 Å². The molecule has 0 aromatic heterocycles. The summed E-state index contributed by atoms with van der Waals surface area (Å²) in [6.45, 7) is 6.66. The van der Waals surface area contributed by atoms with Crippen molar-refractivity contribution >= 4 is 17.3 Å². The van der Waals surface area contributed by atoms with Gasteiger partial charge in [-0.1, -0.05) is 48.0 Å². The van der Waals surface area contributed by atoms with E-state index in [1.165, 1.54) is 11.1 Å². The lowest BCUT2D eigenvalue weighted by Crippen LogP contribution is -2.29. The number of amides is 1. The van der Waals surface area contributed by atoms with Crippen molar-refractivity contribution in [1.82, 2.24) is 5.32 Å². The van der Waals surface area contributed by atoms with Gasteiger partial charge in [0.1, 0.15) is 5.76 Å². The minimum absolute atomic E-state index is 0.00936. The molecule has 0 aliphatic heterocycles. The van der Waals surface area contributed by atoms with Crippen LogP contribution in [0.5, 0.6) is 0 Å². The zero-order valence-corrected chi connectivity index (χ0v) is 17.7. The van der Waals surface area contributed by atoms with E-state index < -0.39 is 0 Å². The third-order valence-electron chi connectivity index (χ3n) is 5.51. The van der Waals surface area contributed by atoms with Gasteiger partial charge in [0, 0.05) is 25.3 Å². The number of hydrogen-bond acceptors (Lipinski definition) is 3. The van der Waals surface area contributed by atoms with E-state index in [1.54, 1.807) is 7.11 Å². The van der Waals surface area contributed by atoms with Crippen molar-refractivity contribution in [1.29, 1.82) is 0 Å². The first-order chi connectivity index (χ1) is 13.9. The standard InChI is InChI=1S/C25H29NO3/c1-16-12-17(2)23(18(3)13-16)24-21(29-4)14-20(25(24)28)15-22(27)26-11-10-19-8-6-5-7-9-19/h5-9,12-13,20H,10-11,14-15H2,1-4H3,(H,26,27). The maximum absolute atomic E-state index is 13.2. The second kappa shape index (κ2) is 9.08. The van der Waals surface area contributed by atoms with Crippen LogP contribution in [0.3, 0.4) is 0 Å². The average Bonchev–Trinajstić information content (AvgIpc) is 2.97. The molecule has 4 heteroatoms. The Bertz CT molecular complexity index is 921. The molecule has 0 saturated carbocycles. The number of aryl methyl sites for hydroxylation is 3. The lowest BCUT2D eigenvalue weighted by molar-refractivity contribution is -0.125. The minimum atomic E-state index is -0.364. The van der Waals surface area contributed by atoms with Crippen LogP contribution < -0.4 is 5.32 Å². The van der Waals surface area contributed by atoms with Crippen LogP contribution in [-0.4, -0.2) is 25.3 Å². The van der Waals surface area contributed by atoms with Crippen LogP contribution in [0.25, 0.3) is 5.57 Å². The Kier molecular flexibility index (Phi) is 6.53. The summed E-state index contributed by atoms with van der Waals surface area (Å²) >= 11 is 0. The molecule has 4 nitrogen and oxygen atoms in total. The number of hydrogen-bond donors (Lipinski definition) is 1. The van der Waals surface area contributed by atoms with Crippen molar-refractivity contribution in [3.05, 3.63) is 76.0 Å². The van der Waals surface area contributed by atoms with Gasteiger partial charge < -0.3 is 10.1 Å². The topological polar surface area (TPSA) is 55.4 Å². The van der Waals surface area contributed by atoms with E-state index in [0.717, 1.165) is 23.1 Å². The van der Waals surface area contributed by atoms with Crippen molar-refractivity contribution in [3.63, 3.8) is 0 Å². The Labute approximate surface area is 173 Å². The largest absolute Gasteiger partial charge is 0.500 e. The number of methoxy groups -OCH3 is 1. The molecule has 0 fully saturated rings. The maximum atomic E-state index is 13.2. The van der Waals surface area contributed by atoms with Gasteiger partial charge >= 0.3 is 0 Å². The summed E-state index contributed by atoms with van der Waals surface area (Å²) in [4.78, 5) is 25.6. The predicted molar refractivity (Wildman–Crippen MR) is 115 cm³/mol. The SMILES string of the molecule is COC1=C(c2c(C)cc(C)cc2C)C(=O)C(CC(=O)NCCc2ccccc2)C1. The summed E-state index contributed by atoms with van der Waals surface area (Å²) in [6.07, 6.45) is 1.44. The molecule has 2 aromatic rings. The maximum Gasteiger partial charge on any atom is 0.220 e. The number of benzene rings is 2. The van der Waals surface area contributed by atoms with Crippen molar-refractivity contribution < 1.29 is 14.3 Å². The number of Topliss-reactive ketones (excluding diaryl/α,β-unsaturated/α-hetero) is 1. The van der Waals surface area contributed by atoms with Crippen LogP contribution in [0, 0.1) is 26.7 Å². The third-order valence-corrected chi connectivity index (χ3v) is 5.51. The second-order valence-corrected chi connectivity index (χ2v) is 7.83. The summed E-state index contributed by atoms with van der Waals surface area (Å²) in [6, 6.07) is 14.2. The van der Waals surface area contributed by atoms with Crippen LogP contribution in [-0.2, 0) is 20.7 Å². The first-order valence-corrected chi connectivity index (χ1v) is 10.1. The van der Waals surface area contributed by atoms with Gasteiger partial charge in [-0.25, -0.2) is 0 Å². The van der Waals surface area contributed by atoms with E-state index in [9.17, 15) is 9.59 Å². The Morgan fingerprint density at radius 1 is 1.10 bits per heavy atom. The van der Waals surface area contributed by atoms with Gasteiger partial charge in [0.05, 0.1) is 12.7 Å². The lowest BCUT2D eigenvalue weighted by atomic mass is 9.90. The highest BCUT2D eigenvalue weighted by Gasteiger charge is 2.37. The van der Waals surface area contributed by atoms with Gasteiger partial charge in [0.2, 0.25) is 5.91 Å². The van der Waals surface area contributed by atoms with Gasteiger partial charge in [-0.3, -0.25) is 9.59 Å². The van der Waals surface area contributed by atoms with Crippen LogP contribution in [0.2, 0.25) is 0 Å². The highest BCUT2D eigenvalue weighted by Crippen LogP contribution is 2.39. The fraction of sp³-hybridized carbons (Fsp3) is 0.360. The van der Waals surface area contributed by atoms with Crippen LogP contribution in [0.4, 0.5) is 0 Å². The first-order valence-electron chi connectivity index (χ1n) is 10.1. The summed E-state index contributed by atoms with van der Waals surface area (Å²) in [5, 5.41) is 2.95. The molecule has 2 aromatic carbocycles. The molecule has 1 aliphatic rings. The van der Waals surface area contributed by atoms with Crippen molar-refractivity contribution in [2.45, 2.75) is 40.0 Å². The average molecular weight is 392 g/mol. The summed E-state index contributed by atoms with van der Waals surface area (Å²) in [7, 11) is 1.60. The number of carbonyl (C=O) groups is 2. The number of nitrogens with one attached hydrogen (secondary N) is 1. The number of ether oxygens (including phenoxy) is 1. The molecule has 0 heterocycles. The number of ketones is 1. The molecule has 0 radical (unpaired) electrons. The van der Waals surface area contributed by atoms with Gasteiger partial charge in [-0.05, 0) is 49.4 Å². The molecule has 29 heavy (non-hydrogen) atoms. The Hall–Kier alpha value is -2.88. The first kappa shape index (κ1) is 20.8. The highest BCUT2D eigenvalue weighted by atomic mass is 16.5. The Morgan fingerprint density at radius 3 is 2.38 bits per heavy atom. The zero-order chi connectivity index (χ0) is 21.0. The molecule has 0 spiro atoms. The number of carbonyl (C=O) groups excluding carboxylic acids is 2. The van der Waals surface area contributed by atoms with Crippen molar-refractivity contribution in [2.75, 3.05) is 13.7 Å². The molecule has 3 rings (SSSR count). The van der Waals surface area contributed by atoms with Crippen LogP contribution >= 0.6 is 0 Å². The molecule has 1 unspecified atom stereocenters. The molecule has 1 atom stereocenters. The monoisotopic (exact) mass is 391 g/mol. The molecule has 152 valence electrons.